The zero-order chi connectivity index (χ0) is 27.5. The maximum Gasteiger partial charge on any atom is 0.306 e. The average Bonchev–Trinajstić information content (AvgIpc) is 3.80. The average molecular weight is 529 g/mol. The molecule has 1 aliphatic carbocycles. The summed E-state index contributed by atoms with van der Waals surface area (Å²) in [4.78, 5) is 18.6. The van der Waals surface area contributed by atoms with Crippen molar-refractivity contribution < 1.29 is 19.4 Å². The summed E-state index contributed by atoms with van der Waals surface area (Å²) >= 11 is 0. The number of aliphatic carboxylic acids is 1. The summed E-state index contributed by atoms with van der Waals surface area (Å²) in [7, 11) is 1.64. The lowest BCUT2D eigenvalue weighted by molar-refractivity contribution is -0.142. The van der Waals surface area contributed by atoms with Crippen LogP contribution in [0.25, 0.3) is 11.1 Å². The summed E-state index contributed by atoms with van der Waals surface area (Å²) in [5.74, 6) is 0.868. The Bertz CT molecular complexity index is 1310. The molecule has 2 heterocycles. The van der Waals surface area contributed by atoms with Crippen LogP contribution < -0.4 is 9.47 Å². The van der Waals surface area contributed by atoms with Gasteiger partial charge in [-0.2, -0.15) is 0 Å². The number of ether oxygens (including phenoxy) is 2. The molecule has 0 unspecified atom stereocenters. The van der Waals surface area contributed by atoms with E-state index >= 15 is 0 Å². The molecule has 1 N–H and O–H groups in total. The Morgan fingerprint density at radius 2 is 1.90 bits per heavy atom. The Morgan fingerprint density at radius 1 is 1.10 bits per heavy atom. The molecule has 6 heteroatoms. The standard InChI is InChI=1S/C33H40N2O4/c1-5-35(6-2)20-27-17-25(11-13-28(27)24-15-16-34-31(19-24)38-4)29-14-12-22-7-10-26(18-30(22)39-29)32(23-8-9-23)21(3)33(36)37/h7,10-11,13,15-19,21,23,29,32H,5-6,8-9,12,14,20H2,1-4H3,(H,36,37)/t21-,29-,32-/m0/s1. The van der Waals surface area contributed by atoms with Gasteiger partial charge in [-0.1, -0.05) is 51.1 Å². The van der Waals surface area contributed by atoms with Crippen molar-refractivity contribution in [1.82, 2.24) is 9.88 Å². The number of carbonyl (C=O) groups is 1. The van der Waals surface area contributed by atoms with E-state index in [2.05, 4.69) is 60.1 Å². The van der Waals surface area contributed by atoms with Gasteiger partial charge in [-0.05, 0) is 96.1 Å². The van der Waals surface area contributed by atoms with Gasteiger partial charge in [0.15, 0.2) is 0 Å². The lowest BCUT2D eigenvalue weighted by Crippen LogP contribution is -2.23. The highest BCUT2D eigenvalue weighted by Crippen LogP contribution is 2.48. The van der Waals surface area contributed by atoms with Gasteiger partial charge in [0.05, 0.1) is 13.0 Å². The maximum absolute atomic E-state index is 11.8. The van der Waals surface area contributed by atoms with Crippen LogP contribution in [0.2, 0.25) is 0 Å². The molecule has 6 nitrogen and oxygen atoms in total. The van der Waals surface area contributed by atoms with Crippen molar-refractivity contribution in [2.45, 2.75) is 65.0 Å². The van der Waals surface area contributed by atoms with Crippen molar-refractivity contribution in [3.8, 4) is 22.8 Å². The summed E-state index contributed by atoms with van der Waals surface area (Å²) in [6.07, 6.45) is 5.82. The van der Waals surface area contributed by atoms with Crippen LogP contribution in [0.3, 0.4) is 0 Å². The minimum atomic E-state index is -0.726. The van der Waals surface area contributed by atoms with Gasteiger partial charge >= 0.3 is 5.97 Å². The molecule has 1 saturated carbocycles. The minimum absolute atomic E-state index is 0.0362. The summed E-state index contributed by atoms with van der Waals surface area (Å²) in [6, 6.07) is 17.1. The van der Waals surface area contributed by atoms with Gasteiger partial charge < -0.3 is 14.6 Å². The van der Waals surface area contributed by atoms with Gasteiger partial charge in [0.1, 0.15) is 11.9 Å². The Balaban J connectivity index is 1.45. The first kappa shape index (κ1) is 27.2. The summed E-state index contributed by atoms with van der Waals surface area (Å²) < 4.78 is 12.0. The van der Waals surface area contributed by atoms with E-state index in [9.17, 15) is 9.90 Å². The molecule has 3 aromatic rings. The normalized spacial score (nSPS) is 18.2. The third kappa shape index (κ3) is 5.96. The number of benzene rings is 2. The zero-order valence-corrected chi connectivity index (χ0v) is 23.5. The molecule has 0 saturated heterocycles. The largest absolute Gasteiger partial charge is 0.485 e. The van der Waals surface area contributed by atoms with Gasteiger partial charge in [-0.25, -0.2) is 4.98 Å². The van der Waals surface area contributed by atoms with E-state index in [4.69, 9.17) is 9.47 Å². The lowest BCUT2D eigenvalue weighted by Gasteiger charge is -2.29. The van der Waals surface area contributed by atoms with E-state index in [1.807, 2.05) is 19.1 Å². The van der Waals surface area contributed by atoms with Crippen molar-refractivity contribution in [3.63, 3.8) is 0 Å². The molecule has 0 radical (unpaired) electrons. The highest BCUT2D eigenvalue weighted by Gasteiger charge is 2.39. The molecule has 1 aliphatic heterocycles. The van der Waals surface area contributed by atoms with E-state index in [1.54, 1.807) is 13.3 Å². The number of carboxylic acids is 1. The molecule has 206 valence electrons. The highest BCUT2D eigenvalue weighted by atomic mass is 16.5. The number of methoxy groups -OCH3 is 1. The number of hydrogen-bond donors (Lipinski definition) is 1. The molecular weight excluding hydrogens is 488 g/mol. The number of pyridine rings is 1. The number of fused-ring (bicyclic) bond motifs is 1. The topological polar surface area (TPSA) is 71.9 Å². The van der Waals surface area contributed by atoms with Crippen LogP contribution in [0, 0.1) is 11.8 Å². The van der Waals surface area contributed by atoms with Crippen molar-refractivity contribution in [2.24, 2.45) is 11.8 Å². The molecular formula is C33H40N2O4. The molecule has 2 aromatic carbocycles. The van der Waals surface area contributed by atoms with Crippen LogP contribution in [0.5, 0.6) is 11.6 Å². The van der Waals surface area contributed by atoms with E-state index in [1.165, 1.54) is 22.3 Å². The Hall–Kier alpha value is -3.38. The second kappa shape index (κ2) is 11.8. The predicted octanol–water partition coefficient (Wildman–Crippen LogP) is 6.88. The van der Waals surface area contributed by atoms with Crippen molar-refractivity contribution in [3.05, 3.63) is 77.0 Å². The number of carboxylic acid groups (broad SMARTS) is 1. The van der Waals surface area contributed by atoms with E-state index in [0.717, 1.165) is 62.2 Å². The number of nitrogens with zero attached hydrogens (tertiary/aromatic N) is 2. The SMILES string of the molecule is CCN(CC)Cc1cc([C@@H]2CCc3ccc([C@H](C4CC4)[C@H](C)C(=O)O)cc3O2)ccc1-c1ccnc(OC)c1. The molecule has 0 spiro atoms. The smallest absolute Gasteiger partial charge is 0.306 e. The number of aryl methyl sites for hydroxylation is 1. The molecule has 39 heavy (non-hydrogen) atoms. The fourth-order valence-corrected chi connectivity index (χ4v) is 6.01. The van der Waals surface area contributed by atoms with Crippen LogP contribution >= 0.6 is 0 Å². The van der Waals surface area contributed by atoms with Gasteiger partial charge in [0.2, 0.25) is 5.88 Å². The molecule has 2 aliphatic rings. The number of aromatic nitrogens is 1. The molecule has 1 aromatic heterocycles. The molecule has 1 fully saturated rings. The summed E-state index contributed by atoms with van der Waals surface area (Å²) in [6.45, 7) is 9.04. The highest BCUT2D eigenvalue weighted by molar-refractivity contribution is 5.71. The number of hydrogen-bond acceptors (Lipinski definition) is 5. The first-order chi connectivity index (χ1) is 18.9. The van der Waals surface area contributed by atoms with Crippen LogP contribution in [0.15, 0.2) is 54.7 Å². The summed E-state index contributed by atoms with van der Waals surface area (Å²) in [5.41, 5.74) is 7.01. The molecule has 3 atom stereocenters. The zero-order valence-electron chi connectivity index (χ0n) is 23.5. The van der Waals surface area contributed by atoms with Gasteiger partial charge in [0, 0.05) is 18.8 Å². The van der Waals surface area contributed by atoms with Crippen molar-refractivity contribution in [1.29, 1.82) is 0 Å². The van der Waals surface area contributed by atoms with Gasteiger partial charge in [-0.15, -0.1) is 0 Å². The van der Waals surface area contributed by atoms with Crippen molar-refractivity contribution >= 4 is 5.97 Å². The second-order valence-electron chi connectivity index (χ2n) is 11.0. The Morgan fingerprint density at radius 3 is 2.59 bits per heavy atom. The van der Waals surface area contributed by atoms with Crippen molar-refractivity contribution in [2.75, 3.05) is 20.2 Å². The van der Waals surface area contributed by atoms with Crippen LogP contribution in [-0.4, -0.2) is 41.2 Å². The van der Waals surface area contributed by atoms with Crippen LogP contribution in [0.4, 0.5) is 0 Å². The Kier molecular flexibility index (Phi) is 8.22. The fraction of sp³-hybridized carbons (Fsp3) is 0.455. The van der Waals surface area contributed by atoms with Gasteiger partial charge in [-0.3, -0.25) is 9.69 Å². The second-order valence-corrected chi connectivity index (χ2v) is 11.0. The quantitative estimate of drug-likeness (QED) is 0.293. The first-order valence-corrected chi connectivity index (χ1v) is 14.3. The fourth-order valence-electron chi connectivity index (χ4n) is 6.01. The van der Waals surface area contributed by atoms with Gasteiger partial charge in [0.25, 0.3) is 0 Å². The maximum atomic E-state index is 11.8. The summed E-state index contributed by atoms with van der Waals surface area (Å²) in [5, 5.41) is 9.73. The molecule has 0 bridgehead atoms. The third-order valence-corrected chi connectivity index (χ3v) is 8.52. The lowest BCUT2D eigenvalue weighted by atomic mass is 9.82. The number of rotatable bonds is 11. The Labute approximate surface area is 232 Å². The monoisotopic (exact) mass is 528 g/mol. The van der Waals surface area contributed by atoms with E-state index < -0.39 is 11.9 Å². The minimum Gasteiger partial charge on any atom is -0.485 e. The van der Waals surface area contributed by atoms with E-state index in [0.29, 0.717) is 11.8 Å². The van der Waals surface area contributed by atoms with Crippen LogP contribution in [0.1, 0.15) is 74.3 Å². The third-order valence-electron chi connectivity index (χ3n) is 8.52. The van der Waals surface area contributed by atoms with E-state index in [-0.39, 0.29) is 12.0 Å². The predicted molar refractivity (Wildman–Crippen MR) is 153 cm³/mol. The molecule has 0 amide bonds. The first-order valence-electron chi connectivity index (χ1n) is 14.3. The van der Waals surface area contributed by atoms with Crippen LogP contribution in [-0.2, 0) is 17.8 Å². The molecule has 5 rings (SSSR count).